The van der Waals surface area contributed by atoms with Crippen molar-refractivity contribution in [2.45, 2.75) is 33.6 Å². The van der Waals surface area contributed by atoms with E-state index in [4.69, 9.17) is 0 Å². The highest BCUT2D eigenvalue weighted by Crippen LogP contribution is 2.20. The molecule has 0 fully saturated rings. The largest absolute Gasteiger partial charge is 0.363 e. The number of nitrogens with zero attached hydrogens (tertiary/aromatic N) is 5. The summed E-state index contributed by atoms with van der Waals surface area (Å²) in [5.74, 6) is 1.26. The molecule has 0 saturated carbocycles. The Balaban J connectivity index is 1.66. The fourth-order valence-electron chi connectivity index (χ4n) is 3.26. The van der Waals surface area contributed by atoms with Crippen molar-refractivity contribution in [2.75, 3.05) is 29.6 Å². The number of hydrogen-bond donors (Lipinski definition) is 2. The molecule has 0 atom stereocenters. The monoisotopic (exact) mass is 421 g/mol. The van der Waals surface area contributed by atoms with Gasteiger partial charge in [-0.25, -0.2) is 14.6 Å². The summed E-state index contributed by atoms with van der Waals surface area (Å²) in [5, 5.41) is 10.2. The van der Waals surface area contributed by atoms with Gasteiger partial charge in [0.25, 0.3) is 0 Å². The average Bonchev–Trinajstić information content (AvgIpc) is 3.01. The van der Waals surface area contributed by atoms with E-state index in [2.05, 4.69) is 25.7 Å². The molecule has 2 N–H and O–H groups in total. The van der Waals surface area contributed by atoms with Crippen LogP contribution in [0.1, 0.15) is 30.3 Å². The third-order valence-electron chi connectivity index (χ3n) is 4.85. The van der Waals surface area contributed by atoms with Crippen LogP contribution in [-0.2, 0) is 16.0 Å². The van der Waals surface area contributed by atoms with Crippen molar-refractivity contribution < 1.29 is 9.59 Å². The minimum atomic E-state index is -0.136. The molecular weight excluding hydrogens is 394 g/mol. The molecule has 31 heavy (non-hydrogen) atoms. The van der Waals surface area contributed by atoms with Gasteiger partial charge in [-0.05, 0) is 50.1 Å². The molecule has 0 radical (unpaired) electrons. The Labute approximate surface area is 181 Å². The Hall–Kier alpha value is -3.75. The highest BCUT2D eigenvalue weighted by molar-refractivity contribution is 5.92. The lowest BCUT2D eigenvalue weighted by molar-refractivity contribution is -0.116. The Morgan fingerprint density at radius 3 is 2.29 bits per heavy atom. The van der Waals surface area contributed by atoms with Gasteiger partial charge >= 0.3 is 0 Å². The van der Waals surface area contributed by atoms with Crippen LogP contribution in [0.25, 0.3) is 5.82 Å². The lowest BCUT2D eigenvalue weighted by Crippen LogP contribution is -2.13. The third kappa shape index (κ3) is 5.44. The van der Waals surface area contributed by atoms with E-state index >= 15 is 0 Å². The molecule has 162 valence electrons. The van der Waals surface area contributed by atoms with E-state index in [0.29, 0.717) is 30.0 Å². The summed E-state index contributed by atoms with van der Waals surface area (Å²) in [5.41, 5.74) is 4.22. The number of carbonyl (C=O) groups is 2. The number of nitrogens with one attached hydrogen (secondary N) is 2. The molecule has 0 bridgehead atoms. The van der Waals surface area contributed by atoms with E-state index in [9.17, 15) is 9.59 Å². The van der Waals surface area contributed by atoms with Crippen molar-refractivity contribution in [3.63, 3.8) is 0 Å². The number of hydrogen-bond acceptors (Lipinski definition) is 6. The summed E-state index contributed by atoms with van der Waals surface area (Å²) in [6, 6.07) is 8.89. The lowest BCUT2D eigenvalue weighted by atomic mass is 10.1. The highest BCUT2D eigenvalue weighted by atomic mass is 16.2. The Bertz CT molecular complexity index is 1090. The van der Waals surface area contributed by atoms with E-state index in [1.54, 1.807) is 28.9 Å². The van der Waals surface area contributed by atoms with Gasteiger partial charge in [0.15, 0.2) is 5.82 Å². The average molecular weight is 422 g/mol. The number of amides is 2. The summed E-state index contributed by atoms with van der Waals surface area (Å²) in [7, 11) is 3.84. The van der Waals surface area contributed by atoms with Crippen LogP contribution >= 0.6 is 0 Å². The first-order chi connectivity index (χ1) is 14.7. The van der Waals surface area contributed by atoms with Crippen LogP contribution < -0.4 is 15.5 Å². The normalized spacial score (nSPS) is 10.6. The maximum atomic E-state index is 12.4. The van der Waals surface area contributed by atoms with E-state index in [-0.39, 0.29) is 11.8 Å². The first kappa shape index (κ1) is 21.9. The maximum absolute atomic E-state index is 12.4. The summed E-state index contributed by atoms with van der Waals surface area (Å²) in [6.45, 7) is 5.37. The highest BCUT2D eigenvalue weighted by Gasteiger charge is 2.16. The van der Waals surface area contributed by atoms with Gasteiger partial charge in [-0.15, -0.1) is 0 Å². The molecule has 3 aromatic rings. The minimum absolute atomic E-state index is 0.0873. The van der Waals surface area contributed by atoms with Gasteiger partial charge in [0.1, 0.15) is 12.1 Å². The molecule has 0 spiro atoms. The van der Waals surface area contributed by atoms with Gasteiger partial charge in [-0.3, -0.25) is 9.59 Å². The SMILES string of the molecule is CC(=O)Nc1ccc(NC(=O)CCc2c(C)nn(-c3cc(N(C)C)ncn3)c2C)cc1. The Morgan fingerprint density at radius 1 is 1.03 bits per heavy atom. The molecule has 2 aromatic heterocycles. The molecule has 0 aliphatic rings. The standard InChI is InChI=1S/C22H27N7O2/c1-14-19(15(2)29(27-14)21-12-20(28(4)5)23-13-24-21)10-11-22(31)26-18-8-6-17(7-9-18)25-16(3)30/h6-9,12-13H,10-11H2,1-5H3,(H,25,30)(H,26,31). The maximum Gasteiger partial charge on any atom is 0.224 e. The molecule has 2 amide bonds. The van der Waals surface area contributed by atoms with Gasteiger partial charge < -0.3 is 15.5 Å². The Morgan fingerprint density at radius 2 is 1.68 bits per heavy atom. The number of anilines is 3. The smallest absolute Gasteiger partial charge is 0.224 e. The van der Waals surface area contributed by atoms with Crippen molar-refractivity contribution in [1.29, 1.82) is 0 Å². The van der Waals surface area contributed by atoms with Gasteiger partial charge in [-0.2, -0.15) is 5.10 Å². The van der Waals surface area contributed by atoms with Crippen molar-refractivity contribution in [3.05, 3.63) is 53.6 Å². The van der Waals surface area contributed by atoms with Crippen LogP contribution in [0.2, 0.25) is 0 Å². The first-order valence-corrected chi connectivity index (χ1v) is 9.97. The van der Waals surface area contributed by atoms with Crippen LogP contribution in [0.15, 0.2) is 36.7 Å². The first-order valence-electron chi connectivity index (χ1n) is 9.97. The second-order valence-corrected chi connectivity index (χ2v) is 7.50. The number of rotatable bonds is 7. The molecule has 1 aromatic carbocycles. The van der Waals surface area contributed by atoms with E-state index < -0.39 is 0 Å². The zero-order valence-corrected chi connectivity index (χ0v) is 18.4. The van der Waals surface area contributed by atoms with Crippen molar-refractivity contribution in [3.8, 4) is 5.82 Å². The minimum Gasteiger partial charge on any atom is -0.363 e. The van der Waals surface area contributed by atoms with Gasteiger partial charge in [-0.1, -0.05) is 0 Å². The predicted molar refractivity (Wildman–Crippen MR) is 121 cm³/mol. The number of aromatic nitrogens is 4. The lowest BCUT2D eigenvalue weighted by Gasteiger charge is -2.12. The van der Waals surface area contributed by atoms with E-state index in [1.807, 2.05) is 38.9 Å². The summed E-state index contributed by atoms with van der Waals surface area (Å²) < 4.78 is 1.79. The fourth-order valence-corrected chi connectivity index (χ4v) is 3.26. The second kappa shape index (κ2) is 9.38. The molecule has 0 aliphatic carbocycles. The van der Waals surface area contributed by atoms with E-state index in [0.717, 1.165) is 22.8 Å². The van der Waals surface area contributed by atoms with Gasteiger partial charge in [0, 0.05) is 50.6 Å². The van der Waals surface area contributed by atoms with Crippen LogP contribution in [-0.4, -0.2) is 45.7 Å². The summed E-state index contributed by atoms with van der Waals surface area (Å²) >= 11 is 0. The van der Waals surface area contributed by atoms with Crippen LogP contribution in [0.4, 0.5) is 17.2 Å². The molecule has 2 heterocycles. The Kier molecular flexibility index (Phi) is 6.64. The molecule has 9 nitrogen and oxygen atoms in total. The second-order valence-electron chi connectivity index (χ2n) is 7.50. The molecule has 9 heteroatoms. The van der Waals surface area contributed by atoms with Crippen LogP contribution in [0, 0.1) is 13.8 Å². The van der Waals surface area contributed by atoms with Crippen molar-refractivity contribution >= 4 is 29.0 Å². The topological polar surface area (TPSA) is 105 Å². The molecule has 3 rings (SSSR count). The molecule has 0 aliphatic heterocycles. The molecule has 0 saturated heterocycles. The predicted octanol–water partition coefficient (Wildman–Crippen LogP) is 2.87. The number of aryl methyl sites for hydroxylation is 1. The van der Waals surface area contributed by atoms with Gasteiger partial charge in [0.2, 0.25) is 11.8 Å². The summed E-state index contributed by atoms with van der Waals surface area (Å²) in [4.78, 5) is 34.0. The fraction of sp³-hybridized carbons (Fsp3) is 0.318. The van der Waals surface area contributed by atoms with Crippen LogP contribution in [0.3, 0.4) is 0 Å². The quantitative estimate of drug-likeness (QED) is 0.608. The van der Waals surface area contributed by atoms with Crippen molar-refractivity contribution in [2.24, 2.45) is 0 Å². The van der Waals surface area contributed by atoms with Crippen LogP contribution in [0.5, 0.6) is 0 Å². The number of carbonyl (C=O) groups excluding carboxylic acids is 2. The van der Waals surface area contributed by atoms with E-state index in [1.165, 1.54) is 13.3 Å². The zero-order chi connectivity index (χ0) is 22.5. The molecular formula is C22H27N7O2. The third-order valence-corrected chi connectivity index (χ3v) is 4.85. The zero-order valence-electron chi connectivity index (χ0n) is 18.4. The number of benzene rings is 1. The molecule has 0 unspecified atom stereocenters. The van der Waals surface area contributed by atoms with Crippen molar-refractivity contribution in [1.82, 2.24) is 19.7 Å². The summed E-state index contributed by atoms with van der Waals surface area (Å²) in [6.07, 6.45) is 2.41. The van der Waals surface area contributed by atoms with Gasteiger partial charge in [0.05, 0.1) is 5.69 Å².